The first-order valence-electron chi connectivity index (χ1n) is 7.98. The van der Waals surface area contributed by atoms with Gasteiger partial charge in [0.25, 0.3) is 0 Å². The highest BCUT2D eigenvalue weighted by atomic mass is 15.2. The molecule has 112 valence electrons. The molecular formula is C17H29N3. The number of pyridine rings is 1. The summed E-state index contributed by atoms with van der Waals surface area (Å²) in [6, 6.07) is 5.34. The standard InChI is InChI=1S/C17H29N3/c1-6-18-14(4)16-7-8-19-17(10-16)20-11-12(2)9-13(3)15(20)5/h7-8,10,12-15,18H,6,9,11H2,1-5H3. The second-order valence-corrected chi connectivity index (χ2v) is 6.44. The van der Waals surface area contributed by atoms with Gasteiger partial charge in [0.1, 0.15) is 5.82 Å². The maximum absolute atomic E-state index is 4.62. The van der Waals surface area contributed by atoms with Gasteiger partial charge in [0, 0.05) is 24.8 Å². The monoisotopic (exact) mass is 275 g/mol. The Morgan fingerprint density at radius 1 is 1.40 bits per heavy atom. The molecule has 0 saturated carbocycles. The molecule has 0 bridgehead atoms. The van der Waals surface area contributed by atoms with Crippen LogP contribution in [0.5, 0.6) is 0 Å². The van der Waals surface area contributed by atoms with Crippen molar-refractivity contribution in [2.45, 2.75) is 53.1 Å². The van der Waals surface area contributed by atoms with Gasteiger partial charge in [0.05, 0.1) is 0 Å². The maximum Gasteiger partial charge on any atom is 0.129 e. The van der Waals surface area contributed by atoms with Crippen LogP contribution in [0.25, 0.3) is 0 Å². The second-order valence-electron chi connectivity index (χ2n) is 6.44. The molecule has 1 N–H and O–H groups in total. The lowest BCUT2D eigenvalue weighted by molar-refractivity contribution is 0.295. The highest BCUT2D eigenvalue weighted by molar-refractivity contribution is 5.43. The summed E-state index contributed by atoms with van der Waals surface area (Å²) < 4.78 is 0. The van der Waals surface area contributed by atoms with Gasteiger partial charge in [0.15, 0.2) is 0 Å². The molecule has 0 spiro atoms. The number of piperidine rings is 1. The van der Waals surface area contributed by atoms with Crippen LogP contribution in [0, 0.1) is 11.8 Å². The van der Waals surface area contributed by atoms with E-state index in [0.717, 1.165) is 30.7 Å². The third-order valence-corrected chi connectivity index (χ3v) is 4.67. The summed E-state index contributed by atoms with van der Waals surface area (Å²) in [5.74, 6) is 2.62. The SMILES string of the molecule is CCNC(C)c1ccnc(N2CC(C)CC(C)C2C)c1. The van der Waals surface area contributed by atoms with Crippen molar-refractivity contribution < 1.29 is 0 Å². The van der Waals surface area contributed by atoms with Crippen LogP contribution in [-0.4, -0.2) is 24.1 Å². The predicted octanol–water partition coefficient (Wildman–Crippen LogP) is 3.62. The van der Waals surface area contributed by atoms with Crippen molar-refractivity contribution in [3.05, 3.63) is 23.9 Å². The van der Waals surface area contributed by atoms with Crippen molar-refractivity contribution in [2.75, 3.05) is 18.0 Å². The number of hydrogen-bond acceptors (Lipinski definition) is 3. The third kappa shape index (κ3) is 3.32. The van der Waals surface area contributed by atoms with Crippen LogP contribution in [0.3, 0.4) is 0 Å². The normalized spacial score (nSPS) is 28.4. The highest BCUT2D eigenvalue weighted by Gasteiger charge is 2.29. The third-order valence-electron chi connectivity index (χ3n) is 4.67. The Hall–Kier alpha value is -1.09. The summed E-state index contributed by atoms with van der Waals surface area (Å²) in [4.78, 5) is 7.11. The average molecular weight is 275 g/mol. The van der Waals surface area contributed by atoms with Crippen molar-refractivity contribution >= 4 is 5.82 Å². The fraction of sp³-hybridized carbons (Fsp3) is 0.706. The van der Waals surface area contributed by atoms with Gasteiger partial charge in [-0.2, -0.15) is 0 Å². The van der Waals surface area contributed by atoms with Gasteiger partial charge < -0.3 is 10.2 Å². The molecule has 4 atom stereocenters. The van der Waals surface area contributed by atoms with Crippen LogP contribution < -0.4 is 10.2 Å². The van der Waals surface area contributed by atoms with Gasteiger partial charge in [-0.05, 0) is 56.3 Å². The molecule has 2 heterocycles. The van der Waals surface area contributed by atoms with Crippen molar-refractivity contribution in [1.29, 1.82) is 0 Å². The summed E-state index contributed by atoms with van der Waals surface area (Å²) in [5.41, 5.74) is 1.33. The van der Waals surface area contributed by atoms with Crippen LogP contribution >= 0.6 is 0 Å². The molecule has 3 heteroatoms. The Kier molecular flexibility index (Phi) is 5.03. The lowest BCUT2D eigenvalue weighted by Gasteiger charge is -2.42. The zero-order valence-corrected chi connectivity index (χ0v) is 13.6. The first kappa shape index (κ1) is 15.3. The molecule has 1 aliphatic heterocycles. The Bertz CT molecular complexity index is 432. The molecule has 1 fully saturated rings. The highest BCUT2D eigenvalue weighted by Crippen LogP contribution is 2.31. The zero-order chi connectivity index (χ0) is 14.7. The Balaban J connectivity index is 2.21. The van der Waals surface area contributed by atoms with E-state index in [1.165, 1.54) is 12.0 Å². The lowest BCUT2D eigenvalue weighted by Crippen LogP contribution is -2.46. The largest absolute Gasteiger partial charge is 0.353 e. The topological polar surface area (TPSA) is 28.2 Å². The second kappa shape index (κ2) is 6.57. The fourth-order valence-electron chi connectivity index (χ4n) is 3.30. The van der Waals surface area contributed by atoms with E-state index in [-0.39, 0.29) is 0 Å². The summed E-state index contributed by atoms with van der Waals surface area (Å²) in [6.45, 7) is 13.5. The van der Waals surface area contributed by atoms with Gasteiger partial charge in [-0.15, -0.1) is 0 Å². The molecule has 20 heavy (non-hydrogen) atoms. The molecule has 0 aliphatic carbocycles. The molecule has 1 saturated heterocycles. The summed E-state index contributed by atoms with van der Waals surface area (Å²) in [6.07, 6.45) is 3.28. The van der Waals surface area contributed by atoms with Gasteiger partial charge in [-0.1, -0.05) is 20.8 Å². The minimum atomic E-state index is 0.386. The van der Waals surface area contributed by atoms with Gasteiger partial charge in [-0.25, -0.2) is 4.98 Å². The summed E-state index contributed by atoms with van der Waals surface area (Å²) in [5, 5.41) is 3.47. The zero-order valence-electron chi connectivity index (χ0n) is 13.6. The number of nitrogens with zero attached hydrogens (tertiary/aromatic N) is 2. The molecule has 1 aromatic heterocycles. The van der Waals surface area contributed by atoms with E-state index in [9.17, 15) is 0 Å². The fourth-order valence-corrected chi connectivity index (χ4v) is 3.30. The molecule has 1 aromatic rings. The van der Waals surface area contributed by atoms with Crippen LogP contribution in [0.2, 0.25) is 0 Å². The lowest BCUT2D eigenvalue weighted by atomic mass is 9.86. The molecule has 0 amide bonds. The predicted molar refractivity (Wildman–Crippen MR) is 86.1 cm³/mol. The van der Waals surface area contributed by atoms with Gasteiger partial charge in [-0.3, -0.25) is 0 Å². The van der Waals surface area contributed by atoms with E-state index in [1.54, 1.807) is 0 Å². The molecular weight excluding hydrogens is 246 g/mol. The number of anilines is 1. The van der Waals surface area contributed by atoms with Crippen LogP contribution in [0.1, 0.15) is 52.6 Å². The van der Waals surface area contributed by atoms with E-state index in [4.69, 9.17) is 0 Å². The van der Waals surface area contributed by atoms with Crippen LogP contribution in [0.15, 0.2) is 18.3 Å². The first-order valence-corrected chi connectivity index (χ1v) is 7.98. The Labute approximate surface area is 123 Å². The average Bonchev–Trinajstić information content (AvgIpc) is 2.43. The van der Waals surface area contributed by atoms with Crippen LogP contribution in [-0.2, 0) is 0 Å². The minimum absolute atomic E-state index is 0.386. The maximum atomic E-state index is 4.62. The quantitative estimate of drug-likeness (QED) is 0.909. The van der Waals surface area contributed by atoms with Crippen LogP contribution in [0.4, 0.5) is 5.82 Å². The number of hydrogen-bond donors (Lipinski definition) is 1. The van der Waals surface area contributed by atoms with Crippen molar-refractivity contribution in [1.82, 2.24) is 10.3 Å². The summed E-state index contributed by atoms with van der Waals surface area (Å²) >= 11 is 0. The molecule has 2 rings (SSSR count). The van der Waals surface area contributed by atoms with Crippen molar-refractivity contribution in [3.8, 4) is 0 Å². The van der Waals surface area contributed by atoms with E-state index >= 15 is 0 Å². The molecule has 0 aromatic carbocycles. The number of rotatable bonds is 4. The summed E-state index contributed by atoms with van der Waals surface area (Å²) in [7, 11) is 0. The smallest absolute Gasteiger partial charge is 0.129 e. The van der Waals surface area contributed by atoms with Crippen molar-refractivity contribution in [2.24, 2.45) is 11.8 Å². The van der Waals surface area contributed by atoms with E-state index in [2.05, 4.69) is 62.0 Å². The molecule has 4 unspecified atom stereocenters. The Morgan fingerprint density at radius 3 is 2.85 bits per heavy atom. The van der Waals surface area contributed by atoms with Gasteiger partial charge in [0.2, 0.25) is 0 Å². The number of aromatic nitrogens is 1. The molecule has 1 aliphatic rings. The number of nitrogens with one attached hydrogen (secondary N) is 1. The molecule has 3 nitrogen and oxygen atoms in total. The van der Waals surface area contributed by atoms with E-state index in [1.807, 2.05) is 6.20 Å². The van der Waals surface area contributed by atoms with Gasteiger partial charge >= 0.3 is 0 Å². The van der Waals surface area contributed by atoms with Crippen molar-refractivity contribution in [3.63, 3.8) is 0 Å². The molecule has 0 radical (unpaired) electrons. The first-order chi connectivity index (χ1) is 9.52. The minimum Gasteiger partial charge on any atom is -0.353 e. The van der Waals surface area contributed by atoms with E-state index < -0.39 is 0 Å². The Morgan fingerprint density at radius 2 is 2.15 bits per heavy atom. The van der Waals surface area contributed by atoms with E-state index in [0.29, 0.717) is 12.1 Å².